The van der Waals surface area contributed by atoms with E-state index < -0.39 is 0 Å². The van der Waals surface area contributed by atoms with Gasteiger partial charge in [-0.05, 0) is 60.5 Å². The number of halogens is 1. The molecular weight excluding hydrogens is 316 g/mol. The fraction of sp³-hybridized carbons (Fsp3) is 0.312. The Kier molecular flexibility index (Phi) is 4.03. The van der Waals surface area contributed by atoms with E-state index in [-0.39, 0.29) is 5.91 Å². The maximum atomic E-state index is 12.0. The first-order valence-electron chi connectivity index (χ1n) is 6.90. The lowest BCUT2D eigenvalue weighted by Crippen LogP contribution is -2.18. The van der Waals surface area contributed by atoms with E-state index in [9.17, 15) is 4.79 Å². The molecule has 1 heterocycles. The first kappa shape index (κ1) is 13.6. The molecule has 3 nitrogen and oxygen atoms in total. The Hall–Kier alpha value is -1.39. The first-order valence-corrected chi connectivity index (χ1v) is 7.70. The summed E-state index contributed by atoms with van der Waals surface area (Å²) in [6, 6.07) is 12.2. The Bertz CT molecular complexity index is 635. The van der Waals surface area contributed by atoms with Crippen molar-refractivity contribution in [3.63, 3.8) is 0 Å². The van der Waals surface area contributed by atoms with Crippen LogP contribution in [0.15, 0.2) is 40.9 Å². The average molecular weight is 333 g/mol. The van der Waals surface area contributed by atoms with E-state index in [2.05, 4.69) is 38.7 Å². The number of anilines is 1. The summed E-state index contributed by atoms with van der Waals surface area (Å²) in [6.45, 7) is 1.99. The molecule has 1 atom stereocenters. The topological polar surface area (TPSA) is 41.1 Å². The van der Waals surface area contributed by atoms with Crippen LogP contribution in [0.1, 0.15) is 12.8 Å². The van der Waals surface area contributed by atoms with E-state index in [0.29, 0.717) is 12.3 Å². The van der Waals surface area contributed by atoms with Gasteiger partial charge < -0.3 is 10.6 Å². The zero-order valence-corrected chi connectivity index (χ0v) is 12.7. The number of carbonyl (C=O) groups is 1. The summed E-state index contributed by atoms with van der Waals surface area (Å²) >= 11 is 3.46. The van der Waals surface area contributed by atoms with E-state index in [0.717, 1.165) is 40.4 Å². The van der Waals surface area contributed by atoms with Gasteiger partial charge in [0, 0.05) is 16.6 Å². The largest absolute Gasteiger partial charge is 0.326 e. The standard InChI is InChI=1S/C16H17BrN2O/c17-14-3-1-13-9-15(4-2-12(13)8-14)19-16(20)7-11-5-6-18-10-11/h1-4,8-9,11,18H,5-7,10H2,(H,19,20). The predicted octanol–water partition coefficient (Wildman–Crippen LogP) is 3.54. The van der Waals surface area contributed by atoms with E-state index in [1.165, 1.54) is 0 Å². The third kappa shape index (κ3) is 3.19. The Labute approximate surface area is 126 Å². The van der Waals surface area contributed by atoms with Gasteiger partial charge in [0.25, 0.3) is 0 Å². The molecule has 4 heteroatoms. The van der Waals surface area contributed by atoms with E-state index >= 15 is 0 Å². The molecule has 1 saturated heterocycles. The van der Waals surface area contributed by atoms with Crippen LogP contribution in [0.5, 0.6) is 0 Å². The Morgan fingerprint density at radius 2 is 2.05 bits per heavy atom. The Morgan fingerprint density at radius 3 is 2.85 bits per heavy atom. The third-order valence-electron chi connectivity index (χ3n) is 3.72. The van der Waals surface area contributed by atoms with E-state index in [4.69, 9.17) is 0 Å². The molecular formula is C16H17BrN2O. The van der Waals surface area contributed by atoms with Crippen molar-refractivity contribution in [1.29, 1.82) is 0 Å². The molecule has 20 heavy (non-hydrogen) atoms. The van der Waals surface area contributed by atoms with Crippen molar-refractivity contribution in [2.75, 3.05) is 18.4 Å². The SMILES string of the molecule is O=C(CC1CCNC1)Nc1ccc2cc(Br)ccc2c1. The predicted molar refractivity (Wildman–Crippen MR) is 85.9 cm³/mol. The van der Waals surface area contributed by atoms with Crippen molar-refractivity contribution < 1.29 is 4.79 Å². The highest BCUT2D eigenvalue weighted by Crippen LogP contribution is 2.23. The monoisotopic (exact) mass is 332 g/mol. The molecule has 2 N–H and O–H groups in total. The molecule has 0 aromatic heterocycles. The van der Waals surface area contributed by atoms with Gasteiger partial charge in [0.2, 0.25) is 5.91 Å². The van der Waals surface area contributed by atoms with Crippen molar-refractivity contribution in [2.24, 2.45) is 5.92 Å². The second kappa shape index (κ2) is 5.94. The summed E-state index contributed by atoms with van der Waals surface area (Å²) in [5.74, 6) is 0.585. The van der Waals surface area contributed by atoms with Crippen LogP contribution in [0, 0.1) is 5.92 Å². The van der Waals surface area contributed by atoms with Crippen molar-refractivity contribution in [3.05, 3.63) is 40.9 Å². The zero-order chi connectivity index (χ0) is 13.9. The fourth-order valence-corrected chi connectivity index (χ4v) is 3.04. The molecule has 0 bridgehead atoms. The molecule has 2 aromatic carbocycles. The summed E-state index contributed by atoms with van der Waals surface area (Å²) in [5, 5.41) is 8.58. The summed E-state index contributed by atoms with van der Waals surface area (Å²) in [4.78, 5) is 12.0. The van der Waals surface area contributed by atoms with Gasteiger partial charge in [0.05, 0.1) is 0 Å². The molecule has 3 rings (SSSR count). The lowest BCUT2D eigenvalue weighted by Gasteiger charge is -2.10. The summed E-state index contributed by atoms with van der Waals surface area (Å²) in [5.41, 5.74) is 0.871. The van der Waals surface area contributed by atoms with Crippen molar-refractivity contribution in [2.45, 2.75) is 12.8 Å². The third-order valence-corrected chi connectivity index (χ3v) is 4.22. The van der Waals surface area contributed by atoms with Gasteiger partial charge in [0.1, 0.15) is 0 Å². The van der Waals surface area contributed by atoms with Gasteiger partial charge >= 0.3 is 0 Å². The zero-order valence-electron chi connectivity index (χ0n) is 11.2. The van der Waals surface area contributed by atoms with Crippen molar-refractivity contribution in [3.8, 4) is 0 Å². The summed E-state index contributed by atoms with van der Waals surface area (Å²) in [7, 11) is 0. The Morgan fingerprint density at radius 1 is 1.25 bits per heavy atom. The lowest BCUT2D eigenvalue weighted by molar-refractivity contribution is -0.116. The average Bonchev–Trinajstić information content (AvgIpc) is 2.91. The van der Waals surface area contributed by atoms with Crippen molar-refractivity contribution in [1.82, 2.24) is 5.32 Å². The molecule has 0 radical (unpaired) electrons. The highest BCUT2D eigenvalue weighted by molar-refractivity contribution is 9.10. The number of hydrogen-bond donors (Lipinski definition) is 2. The van der Waals surface area contributed by atoms with Crippen LogP contribution in [0.4, 0.5) is 5.69 Å². The highest BCUT2D eigenvalue weighted by atomic mass is 79.9. The number of fused-ring (bicyclic) bond motifs is 1. The van der Waals surface area contributed by atoms with E-state index in [1.54, 1.807) is 0 Å². The van der Waals surface area contributed by atoms with Crippen LogP contribution in [0.3, 0.4) is 0 Å². The number of carbonyl (C=O) groups excluding carboxylic acids is 1. The molecule has 0 spiro atoms. The second-order valence-electron chi connectivity index (χ2n) is 5.32. The molecule has 0 aliphatic carbocycles. The normalized spacial score (nSPS) is 18.4. The molecule has 1 aliphatic rings. The van der Waals surface area contributed by atoms with Gasteiger partial charge in [-0.25, -0.2) is 0 Å². The van der Waals surface area contributed by atoms with Crippen LogP contribution in [-0.2, 0) is 4.79 Å². The quantitative estimate of drug-likeness (QED) is 0.902. The van der Waals surface area contributed by atoms with Crippen LogP contribution in [0.2, 0.25) is 0 Å². The van der Waals surface area contributed by atoms with Gasteiger partial charge in [-0.3, -0.25) is 4.79 Å². The van der Waals surface area contributed by atoms with Crippen molar-refractivity contribution >= 4 is 38.3 Å². The Balaban J connectivity index is 1.70. The molecule has 1 amide bonds. The number of amides is 1. The van der Waals surface area contributed by atoms with Crippen LogP contribution in [-0.4, -0.2) is 19.0 Å². The number of rotatable bonds is 3. The van der Waals surface area contributed by atoms with Crippen LogP contribution in [0.25, 0.3) is 10.8 Å². The second-order valence-corrected chi connectivity index (χ2v) is 6.23. The summed E-state index contributed by atoms with van der Waals surface area (Å²) < 4.78 is 1.07. The fourth-order valence-electron chi connectivity index (χ4n) is 2.66. The lowest BCUT2D eigenvalue weighted by atomic mass is 10.0. The van der Waals surface area contributed by atoms with Gasteiger partial charge in [-0.2, -0.15) is 0 Å². The van der Waals surface area contributed by atoms with Gasteiger partial charge in [-0.15, -0.1) is 0 Å². The number of hydrogen-bond acceptors (Lipinski definition) is 2. The maximum Gasteiger partial charge on any atom is 0.224 e. The van der Waals surface area contributed by atoms with Crippen LogP contribution >= 0.6 is 15.9 Å². The van der Waals surface area contributed by atoms with Gasteiger partial charge in [-0.1, -0.05) is 28.1 Å². The molecule has 1 fully saturated rings. The van der Waals surface area contributed by atoms with E-state index in [1.807, 2.05) is 24.3 Å². The first-order chi connectivity index (χ1) is 9.70. The number of benzene rings is 2. The minimum absolute atomic E-state index is 0.107. The summed E-state index contributed by atoms with van der Waals surface area (Å²) in [6.07, 6.45) is 1.70. The molecule has 104 valence electrons. The number of nitrogens with one attached hydrogen (secondary N) is 2. The maximum absolute atomic E-state index is 12.0. The molecule has 0 saturated carbocycles. The van der Waals surface area contributed by atoms with Gasteiger partial charge in [0.15, 0.2) is 0 Å². The van der Waals surface area contributed by atoms with Crippen LogP contribution < -0.4 is 10.6 Å². The highest BCUT2D eigenvalue weighted by Gasteiger charge is 2.17. The smallest absolute Gasteiger partial charge is 0.224 e. The minimum atomic E-state index is 0.107. The molecule has 1 aliphatic heterocycles. The molecule has 2 aromatic rings. The minimum Gasteiger partial charge on any atom is -0.326 e. The molecule has 1 unspecified atom stereocenters.